The Morgan fingerprint density at radius 1 is 0.621 bits per heavy atom. The molecule has 0 amide bonds. The van der Waals surface area contributed by atoms with Crippen LogP contribution >= 0.6 is 0 Å². The molecule has 0 heterocycles. The Morgan fingerprint density at radius 2 is 0.931 bits per heavy atom. The maximum Gasteiger partial charge on any atom is 0.0118 e. The van der Waals surface area contributed by atoms with Crippen molar-refractivity contribution < 1.29 is 0 Å². The molecule has 2 aliphatic rings. The van der Waals surface area contributed by atoms with Crippen LogP contribution in [0.2, 0.25) is 0 Å². The second kappa shape index (κ2) is 11.5. The normalized spacial score (nSPS) is 34.1. The standard InChI is InChI=1S/C27H54N2/c1-19(2)15-27(16-20(3)4,17-28-25-21(5)11-9-12-22(25)6)18-29-26-23(7)13-10-14-24(26)8/h19-26,28-29H,9-18H2,1-8H3. The average Bonchev–Trinajstić information content (AvgIpc) is 2.59. The quantitative estimate of drug-likeness (QED) is 0.412. The van der Waals surface area contributed by atoms with Crippen LogP contribution in [0.15, 0.2) is 0 Å². The minimum absolute atomic E-state index is 0.371. The van der Waals surface area contributed by atoms with E-state index in [0.29, 0.717) is 17.5 Å². The zero-order valence-corrected chi connectivity index (χ0v) is 21.2. The summed E-state index contributed by atoms with van der Waals surface area (Å²) in [5.74, 6) is 4.78. The van der Waals surface area contributed by atoms with E-state index in [0.717, 1.165) is 35.5 Å². The molecule has 2 nitrogen and oxygen atoms in total. The highest BCUT2D eigenvalue weighted by molar-refractivity contribution is 4.93. The maximum absolute atomic E-state index is 4.14. The molecule has 0 aromatic heterocycles. The topological polar surface area (TPSA) is 24.1 Å². The fourth-order valence-corrected chi connectivity index (χ4v) is 7.00. The molecule has 4 atom stereocenters. The third kappa shape index (κ3) is 7.53. The van der Waals surface area contributed by atoms with Crippen molar-refractivity contribution in [3.8, 4) is 0 Å². The maximum atomic E-state index is 4.14. The van der Waals surface area contributed by atoms with Crippen LogP contribution in [0, 0.1) is 40.9 Å². The molecule has 172 valence electrons. The van der Waals surface area contributed by atoms with Gasteiger partial charge in [-0.3, -0.25) is 0 Å². The molecule has 2 heteroatoms. The van der Waals surface area contributed by atoms with Crippen LogP contribution in [-0.4, -0.2) is 25.2 Å². The zero-order chi connectivity index (χ0) is 21.6. The minimum Gasteiger partial charge on any atom is -0.313 e. The van der Waals surface area contributed by atoms with Gasteiger partial charge in [-0.05, 0) is 79.4 Å². The van der Waals surface area contributed by atoms with Crippen LogP contribution < -0.4 is 10.6 Å². The molecular weight excluding hydrogens is 352 g/mol. The largest absolute Gasteiger partial charge is 0.313 e. The second-order valence-electron chi connectivity index (χ2n) is 12.3. The van der Waals surface area contributed by atoms with E-state index in [2.05, 4.69) is 66.0 Å². The minimum atomic E-state index is 0.371. The van der Waals surface area contributed by atoms with Crippen LogP contribution in [0.5, 0.6) is 0 Å². The van der Waals surface area contributed by atoms with E-state index in [4.69, 9.17) is 0 Å². The molecule has 0 aliphatic heterocycles. The molecule has 2 rings (SSSR count). The first-order chi connectivity index (χ1) is 13.6. The van der Waals surface area contributed by atoms with Gasteiger partial charge in [-0.2, -0.15) is 0 Å². The van der Waals surface area contributed by atoms with E-state index in [-0.39, 0.29) is 0 Å². The van der Waals surface area contributed by atoms with Crippen LogP contribution in [0.1, 0.15) is 107 Å². The van der Waals surface area contributed by atoms with Gasteiger partial charge >= 0.3 is 0 Å². The van der Waals surface area contributed by atoms with Crippen molar-refractivity contribution in [1.29, 1.82) is 0 Å². The summed E-state index contributed by atoms with van der Waals surface area (Å²) >= 11 is 0. The summed E-state index contributed by atoms with van der Waals surface area (Å²) in [5.41, 5.74) is 0.371. The molecular formula is C27H54N2. The fourth-order valence-electron chi connectivity index (χ4n) is 7.00. The first kappa shape index (κ1) is 25.2. The Morgan fingerprint density at radius 3 is 1.21 bits per heavy atom. The first-order valence-electron chi connectivity index (χ1n) is 13.1. The Kier molecular flexibility index (Phi) is 10.00. The lowest BCUT2D eigenvalue weighted by molar-refractivity contribution is 0.113. The second-order valence-corrected chi connectivity index (χ2v) is 12.3. The molecule has 0 aromatic carbocycles. The van der Waals surface area contributed by atoms with Gasteiger partial charge in [0, 0.05) is 25.2 Å². The van der Waals surface area contributed by atoms with Crippen LogP contribution in [0.4, 0.5) is 0 Å². The third-order valence-corrected chi connectivity index (χ3v) is 8.20. The number of rotatable bonds is 10. The van der Waals surface area contributed by atoms with Crippen LogP contribution in [0.3, 0.4) is 0 Å². The van der Waals surface area contributed by atoms with Crippen molar-refractivity contribution in [3.63, 3.8) is 0 Å². The Bertz CT molecular complexity index is 395. The molecule has 0 bridgehead atoms. The Labute approximate surface area is 183 Å². The van der Waals surface area contributed by atoms with E-state index >= 15 is 0 Å². The van der Waals surface area contributed by atoms with Gasteiger partial charge in [0.05, 0.1) is 0 Å². The van der Waals surface area contributed by atoms with Crippen molar-refractivity contribution >= 4 is 0 Å². The van der Waals surface area contributed by atoms with Gasteiger partial charge in [-0.15, -0.1) is 0 Å². The highest BCUT2D eigenvalue weighted by Crippen LogP contribution is 2.36. The van der Waals surface area contributed by atoms with E-state index in [1.807, 2.05) is 0 Å². The molecule has 0 aromatic rings. The lowest BCUT2D eigenvalue weighted by Crippen LogP contribution is -2.53. The average molecular weight is 407 g/mol. The zero-order valence-electron chi connectivity index (χ0n) is 21.2. The van der Waals surface area contributed by atoms with Gasteiger partial charge in [-0.25, -0.2) is 0 Å². The van der Waals surface area contributed by atoms with Gasteiger partial charge in [0.15, 0.2) is 0 Å². The van der Waals surface area contributed by atoms with Crippen LogP contribution in [0.25, 0.3) is 0 Å². The highest BCUT2D eigenvalue weighted by atomic mass is 15.0. The molecule has 2 N–H and O–H groups in total. The monoisotopic (exact) mass is 406 g/mol. The van der Waals surface area contributed by atoms with Gasteiger partial charge < -0.3 is 10.6 Å². The summed E-state index contributed by atoms with van der Waals surface area (Å²) in [7, 11) is 0. The molecule has 4 unspecified atom stereocenters. The van der Waals surface area contributed by atoms with Crippen molar-refractivity contribution in [1.82, 2.24) is 10.6 Å². The summed E-state index contributed by atoms with van der Waals surface area (Å²) in [6.45, 7) is 22.0. The molecule has 29 heavy (non-hydrogen) atoms. The van der Waals surface area contributed by atoms with Gasteiger partial charge in [-0.1, -0.05) is 68.2 Å². The van der Waals surface area contributed by atoms with E-state index < -0.39 is 0 Å². The van der Waals surface area contributed by atoms with E-state index in [1.54, 1.807) is 0 Å². The number of hydrogen-bond donors (Lipinski definition) is 2. The summed E-state index contributed by atoms with van der Waals surface area (Å²) in [6, 6.07) is 1.41. The van der Waals surface area contributed by atoms with Crippen molar-refractivity contribution in [2.24, 2.45) is 40.9 Å². The Hall–Kier alpha value is -0.0800. The summed E-state index contributed by atoms with van der Waals surface area (Å²) in [4.78, 5) is 0. The predicted octanol–water partition coefficient (Wildman–Crippen LogP) is 6.89. The smallest absolute Gasteiger partial charge is 0.0118 e. The lowest BCUT2D eigenvalue weighted by atomic mass is 9.71. The summed E-state index contributed by atoms with van der Waals surface area (Å²) < 4.78 is 0. The van der Waals surface area contributed by atoms with Crippen molar-refractivity contribution in [3.05, 3.63) is 0 Å². The third-order valence-electron chi connectivity index (χ3n) is 8.20. The van der Waals surface area contributed by atoms with Crippen molar-refractivity contribution in [2.75, 3.05) is 13.1 Å². The van der Waals surface area contributed by atoms with Gasteiger partial charge in [0.2, 0.25) is 0 Å². The van der Waals surface area contributed by atoms with E-state index in [1.165, 1.54) is 64.5 Å². The van der Waals surface area contributed by atoms with Gasteiger partial charge in [0.25, 0.3) is 0 Å². The molecule has 2 fully saturated rings. The number of hydrogen-bond acceptors (Lipinski definition) is 2. The first-order valence-corrected chi connectivity index (χ1v) is 13.1. The summed E-state index contributed by atoms with van der Waals surface area (Å²) in [5, 5.41) is 8.29. The fraction of sp³-hybridized carbons (Fsp3) is 1.00. The van der Waals surface area contributed by atoms with Gasteiger partial charge in [0.1, 0.15) is 0 Å². The highest BCUT2D eigenvalue weighted by Gasteiger charge is 2.37. The Balaban J connectivity index is 2.12. The molecule has 0 radical (unpaired) electrons. The summed E-state index contributed by atoms with van der Waals surface area (Å²) in [6.07, 6.45) is 11.1. The number of nitrogens with one attached hydrogen (secondary N) is 2. The van der Waals surface area contributed by atoms with E-state index in [9.17, 15) is 0 Å². The molecule has 0 saturated heterocycles. The molecule has 0 spiro atoms. The SMILES string of the molecule is CC(C)CC(CNC1C(C)CCCC1C)(CNC1C(C)CCCC1C)CC(C)C. The van der Waals surface area contributed by atoms with Crippen LogP contribution in [-0.2, 0) is 0 Å². The predicted molar refractivity (Wildman–Crippen MR) is 129 cm³/mol. The molecule has 2 saturated carbocycles. The molecule has 2 aliphatic carbocycles. The lowest BCUT2D eigenvalue weighted by Gasteiger charge is -2.44. The van der Waals surface area contributed by atoms with Crippen molar-refractivity contribution in [2.45, 2.75) is 119 Å².